The van der Waals surface area contributed by atoms with Crippen LogP contribution in [-0.2, 0) is 9.47 Å². The summed E-state index contributed by atoms with van der Waals surface area (Å²) in [4.78, 5) is 0. The van der Waals surface area contributed by atoms with Gasteiger partial charge in [-0.3, -0.25) is 0 Å². The highest BCUT2D eigenvalue weighted by Crippen LogP contribution is 2.51. The van der Waals surface area contributed by atoms with Crippen LogP contribution in [0.3, 0.4) is 0 Å². The van der Waals surface area contributed by atoms with Crippen LogP contribution in [0.2, 0.25) is 0 Å². The predicted octanol–water partition coefficient (Wildman–Crippen LogP) is 1.43. The number of nitrogens with one attached hydrogen (secondary N) is 1. The molecule has 1 saturated carbocycles. The molecule has 3 nitrogen and oxygen atoms in total. The Morgan fingerprint density at radius 1 is 1.29 bits per heavy atom. The summed E-state index contributed by atoms with van der Waals surface area (Å²) >= 11 is 0. The maximum Gasteiger partial charge on any atom is 0.0731 e. The number of methoxy groups -OCH3 is 2. The average molecular weight is 201 g/mol. The first-order valence-electron chi connectivity index (χ1n) is 5.25. The van der Waals surface area contributed by atoms with E-state index in [1.165, 1.54) is 0 Å². The molecule has 2 atom stereocenters. The van der Waals surface area contributed by atoms with E-state index in [2.05, 4.69) is 26.1 Å². The molecule has 1 rings (SSSR count). The van der Waals surface area contributed by atoms with Gasteiger partial charge in [0.1, 0.15) is 0 Å². The summed E-state index contributed by atoms with van der Waals surface area (Å²) < 4.78 is 10.6. The summed E-state index contributed by atoms with van der Waals surface area (Å²) in [5, 5.41) is 3.49. The average Bonchev–Trinajstić information content (AvgIpc) is 2.16. The van der Waals surface area contributed by atoms with Crippen molar-refractivity contribution in [3.05, 3.63) is 0 Å². The minimum atomic E-state index is 0.0255. The van der Waals surface area contributed by atoms with Gasteiger partial charge in [0.05, 0.1) is 12.2 Å². The van der Waals surface area contributed by atoms with Gasteiger partial charge in [0.2, 0.25) is 0 Å². The summed E-state index contributed by atoms with van der Waals surface area (Å²) in [5.41, 5.74) is 0.229. The van der Waals surface area contributed by atoms with E-state index >= 15 is 0 Å². The second-order valence-corrected chi connectivity index (χ2v) is 4.86. The van der Waals surface area contributed by atoms with Gasteiger partial charge < -0.3 is 14.8 Å². The van der Waals surface area contributed by atoms with Crippen molar-refractivity contribution in [2.45, 2.75) is 38.8 Å². The Bertz CT molecular complexity index is 194. The standard InChI is InChI=1S/C11H23NO2/c1-10(2)9(12-6-7-13-4)8-11(10,3)14-5/h9,12H,6-8H2,1-5H3. The van der Waals surface area contributed by atoms with Crippen LogP contribution in [-0.4, -0.2) is 39.0 Å². The molecule has 0 aromatic rings. The largest absolute Gasteiger partial charge is 0.383 e. The number of hydrogen-bond acceptors (Lipinski definition) is 3. The first-order valence-corrected chi connectivity index (χ1v) is 5.25. The molecular formula is C11H23NO2. The quantitative estimate of drug-likeness (QED) is 0.683. The van der Waals surface area contributed by atoms with Gasteiger partial charge in [-0.15, -0.1) is 0 Å². The third-order valence-electron chi connectivity index (χ3n) is 3.98. The minimum Gasteiger partial charge on any atom is -0.383 e. The van der Waals surface area contributed by atoms with Crippen LogP contribution in [0.15, 0.2) is 0 Å². The fourth-order valence-corrected chi connectivity index (χ4v) is 2.15. The molecule has 0 saturated heterocycles. The molecule has 3 heteroatoms. The van der Waals surface area contributed by atoms with Gasteiger partial charge in [-0.1, -0.05) is 13.8 Å². The molecule has 0 spiro atoms. The van der Waals surface area contributed by atoms with E-state index in [0.717, 1.165) is 19.6 Å². The third-order valence-corrected chi connectivity index (χ3v) is 3.98. The van der Waals surface area contributed by atoms with E-state index in [1.807, 2.05) is 0 Å². The lowest BCUT2D eigenvalue weighted by molar-refractivity contribution is -0.180. The molecule has 2 unspecified atom stereocenters. The fourth-order valence-electron chi connectivity index (χ4n) is 2.15. The summed E-state index contributed by atoms with van der Waals surface area (Å²) in [6, 6.07) is 0.544. The topological polar surface area (TPSA) is 30.5 Å². The zero-order valence-electron chi connectivity index (χ0n) is 10.0. The van der Waals surface area contributed by atoms with E-state index in [9.17, 15) is 0 Å². The molecule has 0 aromatic heterocycles. The summed E-state index contributed by atoms with van der Waals surface area (Å²) in [6.45, 7) is 8.39. The van der Waals surface area contributed by atoms with Crippen LogP contribution in [0.5, 0.6) is 0 Å². The Kier molecular flexibility index (Phi) is 3.56. The fraction of sp³-hybridized carbons (Fsp3) is 1.00. The molecule has 0 amide bonds. The van der Waals surface area contributed by atoms with Crippen LogP contribution in [0.25, 0.3) is 0 Å². The van der Waals surface area contributed by atoms with Crippen LogP contribution in [0, 0.1) is 5.41 Å². The first kappa shape index (κ1) is 12.0. The minimum absolute atomic E-state index is 0.0255. The Morgan fingerprint density at radius 3 is 2.36 bits per heavy atom. The van der Waals surface area contributed by atoms with Gasteiger partial charge in [0, 0.05) is 32.2 Å². The number of hydrogen-bond donors (Lipinski definition) is 1. The van der Waals surface area contributed by atoms with Crippen LogP contribution < -0.4 is 5.32 Å². The normalized spacial score (nSPS) is 35.4. The lowest BCUT2D eigenvalue weighted by Gasteiger charge is -2.59. The zero-order valence-corrected chi connectivity index (χ0v) is 10.0. The van der Waals surface area contributed by atoms with Crippen molar-refractivity contribution in [2.75, 3.05) is 27.4 Å². The van der Waals surface area contributed by atoms with E-state index < -0.39 is 0 Å². The van der Waals surface area contributed by atoms with Crippen LogP contribution in [0.1, 0.15) is 27.2 Å². The Labute approximate surface area is 87.2 Å². The lowest BCUT2D eigenvalue weighted by Crippen LogP contribution is -2.68. The smallest absolute Gasteiger partial charge is 0.0731 e. The lowest BCUT2D eigenvalue weighted by atomic mass is 9.56. The Balaban J connectivity index is 2.39. The molecule has 84 valence electrons. The molecule has 1 aliphatic carbocycles. The second-order valence-electron chi connectivity index (χ2n) is 4.86. The van der Waals surface area contributed by atoms with Gasteiger partial charge in [0.15, 0.2) is 0 Å². The van der Waals surface area contributed by atoms with Gasteiger partial charge in [-0.25, -0.2) is 0 Å². The van der Waals surface area contributed by atoms with Crippen molar-refractivity contribution in [3.8, 4) is 0 Å². The zero-order chi connectivity index (χ0) is 10.8. The SMILES string of the molecule is COCCNC1CC(C)(OC)C1(C)C. The summed E-state index contributed by atoms with van der Waals surface area (Å²) in [6.07, 6.45) is 1.08. The molecule has 0 heterocycles. The van der Waals surface area contributed by atoms with Crippen molar-refractivity contribution in [2.24, 2.45) is 5.41 Å². The van der Waals surface area contributed by atoms with Crippen molar-refractivity contribution in [3.63, 3.8) is 0 Å². The maximum atomic E-state index is 5.55. The molecule has 14 heavy (non-hydrogen) atoms. The Hall–Kier alpha value is -0.120. The van der Waals surface area contributed by atoms with Crippen molar-refractivity contribution in [1.29, 1.82) is 0 Å². The third kappa shape index (κ3) is 1.81. The molecule has 0 aliphatic heterocycles. The number of ether oxygens (including phenoxy) is 2. The monoisotopic (exact) mass is 201 g/mol. The molecule has 0 aromatic carbocycles. The summed E-state index contributed by atoms with van der Waals surface area (Å²) in [5.74, 6) is 0. The Morgan fingerprint density at radius 2 is 1.93 bits per heavy atom. The molecule has 0 radical (unpaired) electrons. The molecular weight excluding hydrogens is 178 g/mol. The molecule has 1 N–H and O–H groups in total. The van der Waals surface area contributed by atoms with Crippen molar-refractivity contribution in [1.82, 2.24) is 5.32 Å². The van der Waals surface area contributed by atoms with Gasteiger partial charge in [0.25, 0.3) is 0 Å². The van der Waals surface area contributed by atoms with Gasteiger partial charge in [-0.2, -0.15) is 0 Å². The van der Waals surface area contributed by atoms with Crippen molar-refractivity contribution >= 4 is 0 Å². The molecule has 1 aliphatic rings. The highest BCUT2D eigenvalue weighted by atomic mass is 16.5. The van der Waals surface area contributed by atoms with Gasteiger partial charge >= 0.3 is 0 Å². The maximum absolute atomic E-state index is 5.55. The van der Waals surface area contributed by atoms with E-state index in [1.54, 1.807) is 14.2 Å². The van der Waals surface area contributed by atoms with E-state index in [4.69, 9.17) is 9.47 Å². The van der Waals surface area contributed by atoms with Gasteiger partial charge in [-0.05, 0) is 13.3 Å². The number of rotatable bonds is 5. The highest BCUT2D eigenvalue weighted by molar-refractivity contribution is 5.11. The van der Waals surface area contributed by atoms with Crippen LogP contribution >= 0.6 is 0 Å². The van der Waals surface area contributed by atoms with Crippen molar-refractivity contribution < 1.29 is 9.47 Å². The highest BCUT2D eigenvalue weighted by Gasteiger charge is 2.57. The van der Waals surface area contributed by atoms with E-state index in [-0.39, 0.29) is 11.0 Å². The molecule has 1 fully saturated rings. The molecule has 0 bridgehead atoms. The first-order chi connectivity index (χ1) is 6.48. The van der Waals surface area contributed by atoms with E-state index in [0.29, 0.717) is 6.04 Å². The second kappa shape index (κ2) is 4.17. The van der Waals surface area contributed by atoms with Crippen LogP contribution in [0.4, 0.5) is 0 Å². The predicted molar refractivity (Wildman–Crippen MR) is 57.5 cm³/mol. The summed E-state index contributed by atoms with van der Waals surface area (Å²) in [7, 11) is 3.53.